The van der Waals surface area contributed by atoms with Gasteiger partial charge in [-0.25, -0.2) is 9.78 Å². The second-order valence-corrected chi connectivity index (χ2v) is 5.72. The largest absolute Gasteiger partial charge is 0.490 e. The highest BCUT2D eigenvalue weighted by Crippen LogP contribution is 2.22. The third-order valence-corrected chi connectivity index (χ3v) is 3.73. The van der Waals surface area contributed by atoms with E-state index in [-0.39, 0.29) is 5.91 Å². The molecule has 0 spiro atoms. The number of aliphatic carboxylic acids is 1. The number of rotatable bonds is 2. The highest BCUT2D eigenvalue weighted by molar-refractivity contribution is 6.07. The fraction of sp³-hybridized carbons (Fsp3) is 0.0526. The normalized spacial score (nSPS) is 11.0. The summed E-state index contributed by atoms with van der Waals surface area (Å²) in [5.74, 6) is -2.99. The zero-order valence-electron chi connectivity index (χ0n) is 14.6. The number of imidazole rings is 1. The van der Waals surface area contributed by atoms with Gasteiger partial charge in [-0.2, -0.15) is 13.2 Å². The minimum Gasteiger partial charge on any atom is -0.475 e. The van der Waals surface area contributed by atoms with Gasteiger partial charge in [0.1, 0.15) is 11.3 Å². The number of hydrogen-bond acceptors (Lipinski definition) is 4. The molecule has 29 heavy (non-hydrogen) atoms. The van der Waals surface area contributed by atoms with Gasteiger partial charge in [-0.05, 0) is 36.4 Å². The number of benzene rings is 1. The molecular weight excluding hydrogens is 389 g/mol. The van der Waals surface area contributed by atoms with E-state index in [9.17, 15) is 18.0 Å². The summed E-state index contributed by atoms with van der Waals surface area (Å²) >= 11 is 0. The second-order valence-electron chi connectivity index (χ2n) is 5.72. The molecule has 10 heteroatoms. The van der Waals surface area contributed by atoms with Crippen LogP contribution in [0.15, 0.2) is 67.1 Å². The SMILES string of the molecule is O=C(Nc1cccc2ncccc12)c1cn2ccccc2n1.O=C(O)C(F)(F)F. The van der Waals surface area contributed by atoms with E-state index in [0.717, 1.165) is 22.2 Å². The first-order valence-electron chi connectivity index (χ1n) is 8.14. The van der Waals surface area contributed by atoms with Crippen LogP contribution in [0.1, 0.15) is 10.5 Å². The summed E-state index contributed by atoms with van der Waals surface area (Å²) in [4.78, 5) is 29.9. The van der Waals surface area contributed by atoms with Gasteiger partial charge >= 0.3 is 12.1 Å². The van der Waals surface area contributed by atoms with Crippen molar-refractivity contribution in [2.75, 3.05) is 5.32 Å². The van der Waals surface area contributed by atoms with Gasteiger partial charge in [0.25, 0.3) is 5.91 Å². The molecule has 0 saturated heterocycles. The van der Waals surface area contributed by atoms with Crippen molar-refractivity contribution in [3.05, 3.63) is 72.8 Å². The lowest BCUT2D eigenvalue weighted by molar-refractivity contribution is -0.192. The first-order chi connectivity index (χ1) is 13.8. The molecular formula is C19H13F3N4O3. The second kappa shape index (κ2) is 7.97. The standard InChI is InChI=1S/C17H12N4O.C2HF3O2/c22-17(15-11-21-10-2-1-8-16(21)19-15)20-14-7-3-6-13-12(14)5-4-9-18-13;3-2(4,5)1(6)7/h1-11H,(H,20,22);(H,6,7). The van der Waals surface area contributed by atoms with Gasteiger partial charge in [0.2, 0.25) is 0 Å². The minimum atomic E-state index is -5.08. The molecule has 0 bridgehead atoms. The summed E-state index contributed by atoms with van der Waals surface area (Å²) in [6, 6.07) is 15.1. The molecule has 7 nitrogen and oxygen atoms in total. The van der Waals surface area contributed by atoms with Gasteiger partial charge < -0.3 is 14.8 Å². The third kappa shape index (κ3) is 4.67. The van der Waals surface area contributed by atoms with Crippen LogP contribution < -0.4 is 5.32 Å². The Kier molecular flexibility index (Phi) is 5.44. The Balaban J connectivity index is 0.000000298. The number of amides is 1. The first kappa shape index (κ1) is 19.8. The van der Waals surface area contributed by atoms with E-state index in [2.05, 4.69) is 15.3 Å². The number of alkyl halides is 3. The molecule has 0 fully saturated rings. The van der Waals surface area contributed by atoms with Crippen molar-refractivity contribution in [1.29, 1.82) is 0 Å². The zero-order valence-corrected chi connectivity index (χ0v) is 14.6. The maximum Gasteiger partial charge on any atom is 0.490 e. The molecule has 0 atom stereocenters. The number of aromatic nitrogens is 3. The molecule has 4 aromatic rings. The fourth-order valence-corrected chi connectivity index (χ4v) is 2.44. The van der Waals surface area contributed by atoms with Crippen LogP contribution in [-0.2, 0) is 4.79 Å². The van der Waals surface area contributed by atoms with Crippen molar-refractivity contribution < 1.29 is 27.9 Å². The van der Waals surface area contributed by atoms with Crippen LogP contribution >= 0.6 is 0 Å². The van der Waals surface area contributed by atoms with Gasteiger partial charge in [-0.15, -0.1) is 0 Å². The molecule has 148 valence electrons. The summed E-state index contributed by atoms with van der Waals surface area (Å²) in [6.07, 6.45) is 0.227. The number of nitrogens with zero attached hydrogens (tertiary/aromatic N) is 3. The van der Waals surface area contributed by atoms with Crippen LogP contribution in [0.5, 0.6) is 0 Å². The van der Waals surface area contributed by atoms with Crippen LogP contribution in [0.2, 0.25) is 0 Å². The Morgan fingerprint density at radius 1 is 1.03 bits per heavy atom. The monoisotopic (exact) mass is 402 g/mol. The van der Waals surface area contributed by atoms with Crippen molar-refractivity contribution in [3.8, 4) is 0 Å². The number of carboxylic acids is 1. The maximum absolute atomic E-state index is 12.4. The van der Waals surface area contributed by atoms with Gasteiger partial charge in [-0.3, -0.25) is 9.78 Å². The number of hydrogen-bond donors (Lipinski definition) is 2. The van der Waals surface area contributed by atoms with Crippen molar-refractivity contribution >= 4 is 34.1 Å². The fourth-order valence-electron chi connectivity index (χ4n) is 2.44. The van der Waals surface area contributed by atoms with Crippen molar-refractivity contribution in [2.24, 2.45) is 0 Å². The Morgan fingerprint density at radius 3 is 2.48 bits per heavy atom. The molecule has 3 heterocycles. The lowest BCUT2D eigenvalue weighted by Gasteiger charge is -2.06. The first-order valence-corrected chi connectivity index (χ1v) is 8.14. The number of anilines is 1. The predicted molar refractivity (Wildman–Crippen MR) is 98.6 cm³/mol. The van der Waals surface area contributed by atoms with Crippen LogP contribution in [0.25, 0.3) is 16.6 Å². The van der Waals surface area contributed by atoms with Crippen molar-refractivity contribution in [3.63, 3.8) is 0 Å². The molecule has 0 aliphatic rings. The Hall–Kier alpha value is -3.95. The van der Waals surface area contributed by atoms with E-state index in [1.165, 1.54) is 0 Å². The third-order valence-electron chi connectivity index (χ3n) is 3.73. The van der Waals surface area contributed by atoms with E-state index in [4.69, 9.17) is 9.90 Å². The van der Waals surface area contributed by atoms with E-state index < -0.39 is 12.1 Å². The quantitative estimate of drug-likeness (QED) is 0.532. The zero-order chi connectivity index (χ0) is 21.0. The van der Waals surface area contributed by atoms with E-state index in [1.54, 1.807) is 12.4 Å². The average Bonchev–Trinajstić information content (AvgIpc) is 3.12. The highest BCUT2D eigenvalue weighted by Gasteiger charge is 2.38. The molecule has 1 aromatic carbocycles. The van der Waals surface area contributed by atoms with Crippen molar-refractivity contribution in [1.82, 2.24) is 14.4 Å². The molecule has 0 radical (unpaired) electrons. The predicted octanol–water partition coefficient (Wildman–Crippen LogP) is 3.77. The molecule has 0 aliphatic carbocycles. The summed E-state index contributed by atoms with van der Waals surface area (Å²) in [5.41, 5.74) is 2.70. The summed E-state index contributed by atoms with van der Waals surface area (Å²) < 4.78 is 33.6. The number of halogens is 3. The van der Waals surface area contributed by atoms with E-state index in [1.807, 2.05) is 59.1 Å². The molecule has 0 aliphatic heterocycles. The number of nitrogens with one attached hydrogen (secondary N) is 1. The minimum absolute atomic E-state index is 0.236. The number of carbonyl (C=O) groups is 2. The van der Waals surface area contributed by atoms with Gasteiger partial charge in [0.05, 0.1) is 11.2 Å². The maximum atomic E-state index is 12.4. The van der Waals surface area contributed by atoms with Crippen LogP contribution in [0.3, 0.4) is 0 Å². The van der Waals surface area contributed by atoms with E-state index >= 15 is 0 Å². The van der Waals surface area contributed by atoms with E-state index in [0.29, 0.717) is 5.69 Å². The van der Waals surface area contributed by atoms with Crippen molar-refractivity contribution in [2.45, 2.75) is 6.18 Å². The highest BCUT2D eigenvalue weighted by atomic mass is 19.4. The number of fused-ring (bicyclic) bond motifs is 2. The summed E-state index contributed by atoms with van der Waals surface area (Å²) in [6.45, 7) is 0. The summed E-state index contributed by atoms with van der Waals surface area (Å²) in [7, 11) is 0. The molecule has 2 N–H and O–H groups in total. The molecule has 0 saturated carbocycles. The number of carboxylic acid groups (broad SMARTS) is 1. The molecule has 0 unspecified atom stereocenters. The summed E-state index contributed by atoms with van der Waals surface area (Å²) in [5, 5.41) is 10.9. The molecule has 4 rings (SSSR count). The molecule has 1 amide bonds. The smallest absolute Gasteiger partial charge is 0.475 e. The molecule has 3 aromatic heterocycles. The van der Waals surface area contributed by atoms with Gasteiger partial charge in [-0.1, -0.05) is 12.1 Å². The van der Waals surface area contributed by atoms with Gasteiger partial charge in [0.15, 0.2) is 0 Å². The Morgan fingerprint density at radius 2 is 1.79 bits per heavy atom. The number of carbonyl (C=O) groups excluding carboxylic acids is 1. The average molecular weight is 402 g/mol. The topological polar surface area (TPSA) is 96.6 Å². The lowest BCUT2D eigenvalue weighted by atomic mass is 10.2. The van der Waals surface area contributed by atoms with Crippen LogP contribution in [-0.4, -0.2) is 37.5 Å². The van der Waals surface area contributed by atoms with Crippen LogP contribution in [0, 0.1) is 0 Å². The Labute approximate surface area is 161 Å². The Bertz CT molecular complexity index is 1150. The lowest BCUT2D eigenvalue weighted by Crippen LogP contribution is -2.21. The number of pyridine rings is 2. The van der Waals surface area contributed by atoms with Gasteiger partial charge in [0, 0.05) is 24.0 Å². The van der Waals surface area contributed by atoms with Crippen LogP contribution in [0.4, 0.5) is 18.9 Å².